The molecular formula is C22H30N4O4. The number of rotatable bonds is 4. The number of aromatic carboxylic acids is 1. The summed E-state index contributed by atoms with van der Waals surface area (Å²) < 4.78 is 7.53. The average molecular weight is 415 g/mol. The van der Waals surface area contributed by atoms with Gasteiger partial charge in [-0.05, 0) is 65.5 Å². The zero-order valence-electron chi connectivity index (χ0n) is 18.1. The van der Waals surface area contributed by atoms with Crippen LogP contribution in [0.5, 0.6) is 0 Å². The fourth-order valence-corrected chi connectivity index (χ4v) is 4.24. The third kappa shape index (κ3) is 4.08. The van der Waals surface area contributed by atoms with Crippen LogP contribution in [0.15, 0.2) is 18.3 Å². The van der Waals surface area contributed by atoms with E-state index in [1.54, 1.807) is 6.07 Å². The Bertz CT molecular complexity index is 965. The maximum Gasteiger partial charge on any atom is 0.410 e. The number of aryl methyl sites for hydroxylation is 1. The average Bonchev–Trinajstić information content (AvgIpc) is 3.39. The molecule has 8 heteroatoms. The number of imidazole rings is 1. The molecule has 2 fully saturated rings. The maximum absolute atomic E-state index is 12.8. The van der Waals surface area contributed by atoms with Gasteiger partial charge in [0.2, 0.25) is 0 Å². The Hall–Kier alpha value is -2.77. The van der Waals surface area contributed by atoms with E-state index in [2.05, 4.69) is 9.88 Å². The van der Waals surface area contributed by atoms with E-state index in [0.717, 1.165) is 50.3 Å². The van der Waals surface area contributed by atoms with E-state index in [4.69, 9.17) is 4.74 Å². The predicted octanol–water partition coefficient (Wildman–Crippen LogP) is 3.71. The number of piperidine rings is 1. The molecule has 162 valence electrons. The molecular weight excluding hydrogens is 384 g/mol. The van der Waals surface area contributed by atoms with E-state index in [0.29, 0.717) is 11.7 Å². The molecule has 4 rings (SSSR count). The van der Waals surface area contributed by atoms with Gasteiger partial charge in [-0.1, -0.05) is 0 Å². The van der Waals surface area contributed by atoms with Crippen LogP contribution in [0.4, 0.5) is 10.6 Å². The molecule has 1 aliphatic carbocycles. The van der Waals surface area contributed by atoms with Gasteiger partial charge >= 0.3 is 12.1 Å². The highest BCUT2D eigenvalue weighted by Gasteiger charge is 2.40. The topological polar surface area (TPSA) is 87.4 Å². The zero-order valence-corrected chi connectivity index (χ0v) is 18.1. The van der Waals surface area contributed by atoms with Crippen LogP contribution in [0.2, 0.25) is 0 Å². The van der Waals surface area contributed by atoms with Crippen molar-refractivity contribution in [3.05, 3.63) is 29.6 Å². The van der Waals surface area contributed by atoms with Crippen molar-refractivity contribution in [1.82, 2.24) is 14.3 Å². The third-order valence-corrected chi connectivity index (χ3v) is 5.67. The number of carbonyl (C=O) groups excluding carboxylic acids is 1. The molecule has 0 bridgehead atoms. The Kier molecular flexibility index (Phi) is 5.11. The molecule has 30 heavy (non-hydrogen) atoms. The molecule has 0 atom stereocenters. The molecule has 1 amide bonds. The highest BCUT2D eigenvalue weighted by Crippen LogP contribution is 2.34. The molecule has 1 saturated heterocycles. The summed E-state index contributed by atoms with van der Waals surface area (Å²) in [4.78, 5) is 33.0. The summed E-state index contributed by atoms with van der Waals surface area (Å²) in [6.45, 7) is 9.14. The molecule has 0 aromatic carbocycles. The highest BCUT2D eigenvalue weighted by molar-refractivity contribution is 5.95. The number of ether oxygens (including phenoxy) is 1. The Morgan fingerprint density at radius 2 is 1.77 bits per heavy atom. The van der Waals surface area contributed by atoms with Crippen LogP contribution < -0.4 is 4.90 Å². The van der Waals surface area contributed by atoms with Crippen molar-refractivity contribution in [2.24, 2.45) is 0 Å². The van der Waals surface area contributed by atoms with Gasteiger partial charge in [-0.25, -0.2) is 14.6 Å². The first kappa shape index (κ1) is 20.5. The number of nitrogens with zero attached hydrogens (tertiary/aromatic N) is 4. The number of hydrogen-bond donors (Lipinski definition) is 1. The second-order valence-electron chi connectivity index (χ2n) is 9.32. The second-order valence-corrected chi connectivity index (χ2v) is 9.32. The summed E-state index contributed by atoms with van der Waals surface area (Å²) in [7, 11) is 0. The van der Waals surface area contributed by atoms with Crippen LogP contribution >= 0.6 is 0 Å². The molecule has 1 saturated carbocycles. The normalized spacial score (nSPS) is 17.9. The lowest BCUT2D eigenvalue weighted by Crippen LogP contribution is -2.50. The van der Waals surface area contributed by atoms with Crippen molar-refractivity contribution in [2.75, 3.05) is 18.0 Å². The van der Waals surface area contributed by atoms with E-state index < -0.39 is 11.6 Å². The molecule has 2 aromatic rings. The monoisotopic (exact) mass is 414 g/mol. The minimum Gasteiger partial charge on any atom is -0.478 e. The van der Waals surface area contributed by atoms with Crippen LogP contribution in [0.25, 0.3) is 5.65 Å². The molecule has 0 unspecified atom stereocenters. The van der Waals surface area contributed by atoms with Crippen molar-refractivity contribution in [3.8, 4) is 0 Å². The Labute approximate surface area is 176 Å². The Balaban J connectivity index is 1.51. The predicted molar refractivity (Wildman–Crippen MR) is 113 cm³/mol. The summed E-state index contributed by atoms with van der Waals surface area (Å²) in [6, 6.07) is 3.95. The summed E-state index contributed by atoms with van der Waals surface area (Å²) in [5.41, 5.74) is 0.950. The van der Waals surface area contributed by atoms with Crippen LogP contribution in [0.1, 0.15) is 62.5 Å². The number of carboxylic acids is 1. The number of hydrogen-bond acceptors (Lipinski definition) is 5. The van der Waals surface area contributed by atoms with Gasteiger partial charge in [-0.15, -0.1) is 0 Å². The third-order valence-electron chi connectivity index (χ3n) is 5.67. The molecule has 3 heterocycles. The smallest absolute Gasteiger partial charge is 0.410 e. The minimum absolute atomic E-state index is 0.168. The Morgan fingerprint density at radius 1 is 1.13 bits per heavy atom. The van der Waals surface area contributed by atoms with Gasteiger partial charge in [0.15, 0.2) is 5.65 Å². The number of amides is 1. The number of anilines is 1. The number of aromatic nitrogens is 2. The minimum atomic E-state index is -0.978. The van der Waals surface area contributed by atoms with Crippen molar-refractivity contribution in [1.29, 1.82) is 0 Å². The molecule has 1 N–H and O–H groups in total. The van der Waals surface area contributed by atoms with Gasteiger partial charge in [-0.2, -0.15) is 0 Å². The largest absolute Gasteiger partial charge is 0.478 e. The van der Waals surface area contributed by atoms with E-state index in [-0.39, 0.29) is 17.7 Å². The van der Waals surface area contributed by atoms with E-state index in [9.17, 15) is 14.7 Å². The number of carbonyl (C=O) groups is 2. The second kappa shape index (κ2) is 7.49. The Morgan fingerprint density at radius 3 is 2.33 bits per heavy atom. The van der Waals surface area contributed by atoms with E-state index >= 15 is 0 Å². The highest BCUT2D eigenvalue weighted by atomic mass is 16.6. The first-order valence-electron chi connectivity index (χ1n) is 10.6. The summed E-state index contributed by atoms with van der Waals surface area (Å²) in [5.74, 6) is -0.0439. The van der Waals surface area contributed by atoms with Crippen molar-refractivity contribution >= 4 is 23.5 Å². The van der Waals surface area contributed by atoms with Crippen LogP contribution in [-0.4, -0.2) is 62.2 Å². The SMILES string of the molecule is Cc1cn2c(N3CCC(N(C(=O)OC(C)(C)C)C4CC4)CC3)ccc(C(=O)O)c2n1. The van der Waals surface area contributed by atoms with Gasteiger partial charge in [-0.3, -0.25) is 4.40 Å². The van der Waals surface area contributed by atoms with Crippen LogP contribution in [-0.2, 0) is 4.74 Å². The van der Waals surface area contributed by atoms with Crippen molar-refractivity contribution < 1.29 is 19.4 Å². The van der Waals surface area contributed by atoms with Crippen LogP contribution in [0.3, 0.4) is 0 Å². The van der Waals surface area contributed by atoms with E-state index in [1.165, 1.54) is 0 Å². The first-order valence-corrected chi connectivity index (χ1v) is 10.6. The lowest BCUT2D eigenvalue weighted by atomic mass is 10.0. The first-order chi connectivity index (χ1) is 14.1. The quantitative estimate of drug-likeness (QED) is 0.821. The lowest BCUT2D eigenvalue weighted by molar-refractivity contribution is 0.0113. The molecule has 8 nitrogen and oxygen atoms in total. The zero-order chi connectivity index (χ0) is 21.6. The number of pyridine rings is 1. The van der Waals surface area contributed by atoms with E-state index in [1.807, 2.05) is 49.3 Å². The lowest BCUT2D eigenvalue weighted by Gasteiger charge is -2.40. The van der Waals surface area contributed by atoms with Crippen molar-refractivity contribution in [3.63, 3.8) is 0 Å². The number of carboxylic acid groups (broad SMARTS) is 1. The molecule has 0 spiro atoms. The summed E-state index contributed by atoms with van der Waals surface area (Å²) in [5, 5.41) is 9.46. The van der Waals surface area contributed by atoms with Crippen LogP contribution in [0, 0.1) is 6.92 Å². The van der Waals surface area contributed by atoms with Gasteiger partial charge < -0.3 is 19.6 Å². The molecule has 0 radical (unpaired) electrons. The molecule has 2 aromatic heterocycles. The molecule has 1 aliphatic heterocycles. The molecule has 2 aliphatic rings. The fraction of sp³-hybridized carbons (Fsp3) is 0.591. The summed E-state index contributed by atoms with van der Waals surface area (Å²) >= 11 is 0. The maximum atomic E-state index is 12.8. The van der Waals surface area contributed by atoms with Gasteiger partial charge in [0, 0.05) is 31.4 Å². The standard InChI is InChI=1S/C22H30N4O4/c1-14-13-25-18(8-7-17(20(27)28)19(25)23-14)24-11-9-16(10-12-24)26(15-5-6-15)21(29)30-22(2,3)4/h7-8,13,15-16H,5-6,9-12H2,1-4H3,(H,27,28). The van der Waals surface area contributed by atoms with Crippen molar-refractivity contribution in [2.45, 2.75) is 71.1 Å². The summed E-state index contributed by atoms with van der Waals surface area (Å²) in [6.07, 6.45) is 5.47. The van der Waals surface area contributed by atoms with Gasteiger partial charge in [0.25, 0.3) is 0 Å². The van der Waals surface area contributed by atoms with Gasteiger partial charge in [0.1, 0.15) is 17.0 Å². The fourth-order valence-electron chi connectivity index (χ4n) is 4.24. The van der Waals surface area contributed by atoms with Gasteiger partial charge in [0.05, 0.1) is 5.69 Å². The number of fused-ring (bicyclic) bond motifs is 1.